The van der Waals surface area contributed by atoms with Crippen molar-refractivity contribution < 1.29 is 30.5 Å². The number of benzene rings is 1. The number of hydrogen-bond donors (Lipinski definition) is 0. The summed E-state index contributed by atoms with van der Waals surface area (Å²) in [6, 6.07) is 2.39. The fourth-order valence-corrected chi connectivity index (χ4v) is 4.05. The summed E-state index contributed by atoms with van der Waals surface area (Å²) in [5.41, 5.74) is -5.73. The number of sulfone groups is 1. The third-order valence-electron chi connectivity index (χ3n) is 4.46. The predicted molar refractivity (Wildman–Crippen MR) is 92.5 cm³/mol. The van der Waals surface area contributed by atoms with E-state index in [-0.39, 0.29) is 18.2 Å². The molecule has 1 aliphatic heterocycles. The second-order valence-corrected chi connectivity index (χ2v) is 8.58. The molecule has 0 radical (unpaired) electrons. The van der Waals surface area contributed by atoms with Crippen molar-refractivity contribution in [1.29, 1.82) is 0 Å². The highest BCUT2D eigenvalue weighted by molar-refractivity contribution is 7.92. The van der Waals surface area contributed by atoms with Crippen LogP contribution in [0.15, 0.2) is 27.6 Å². The van der Waals surface area contributed by atoms with Gasteiger partial charge < -0.3 is 14.3 Å². The summed E-state index contributed by atoms with van der Waals surface area (Å²) >= 11 is 0. The Morgan fingerprint density at radius 3 is 2.61 bits per heavy atom. The van der Waals surface area contributed by atoms with Gasteiger partial charge in [0.25, 0.3) is 15.8 Å². The number of anilines is 2. The lowest BCUT2D eigenvalue weighted by Gasteiger charge is -2.34. The van der Waals surface area contributed by atoms with Gasteiger partial charge in [-0.25, -0.2) is 12.8 Å². The van der Waals surface area contributed by atoms with Crippen molar-refractivity contribution in [3.63, 3.8) is 0 Å². The summed E-state index contributed by atoms with van der Waals surface area (Å²) in [6.45, 7) is 0.484. The van der Waals surface area contributed by atoms with Crippen molar-refractivity contribution in [3.05, 3.63) is 29.9 Å². The Balaban J connectivity index is 1.95. The maximum absolute atomic E-state index is 13.6. The zero-order chi connectivity index (χ0) is 20.7. The van der Waals surface area contributed by atoms with Crippen LogP contribution in [0.4, 0.5) is 29.2 Å². The lowest BCUT2D eigenvalue weighted by molar-refractivity contribution is -0.0435. The first-order chi connectivity index (χ1) is 13.0. The second kappa shape index (κ2) is 7.22. The lowest BCUT2D eigenvalue weighted by Crippen LogP contribution is -2.36. The van der Waals surface area contributed by atoms with E-state index in [0.717, 1.165) is 12.1 Å². The molecule has 2 aromatic rings. The van der Waals surface area contributed by atoms with E-state index in [1.54, 1.807) is 19.0 Å². The van der Waals surface area contributed by atoms with Crippen LogP contribution in [-0.2, 0) is 9.84 Å². The van der Waals surface area contributed by atoms with Crippen LogP contribution in [0.3, 0.4) is 0 Å². The molecule has 2 heterocycles. The molecule has 0 amide bonds. The number of nitrogens with zero attached hydrogens (tertiary/aromatic N) is 4. The van der Waals surface area contributed by atoms with Crippen LogP contribution in [-0.4, -0.2) is 51.3 Å². The molecular formula is C16H18F4N4O3S. The Bertz CT molecular complexity index is 959. The number of hydrogen-bond acceptors (Lipinski definition) is 7. The van der Waals surface area contributed by atoms with Gasteiger partial charge in [0.1, 0.15) is 10.7 Å². The van der Waals surface area contributed by atoms with E-state index >= 15 is 0 Å². The smallest absolute Gasteiger partial charge is 0.370 e. The maximum atomic E-state index is 13.6. The summed E-state index contributed by atoms with van der Waals surface area (Å²) in [7, 11) is -2.25. The minimum absolute atomic E-state index is 0.168. The minimum Gasteiger partial charge on any atom is -0.370 e. The third-order valence-corrected chi connectivity index (χ3v) is 5.97. The number of piperidine rings is 1. The molecule has 1 aromatic heterocycles. The molecule has 0 bridgehead atoms. The molecule has 1 fully saturated rings. The fourth-order valence-electron chi connectivity index (χ4n) is 3.06. The quantitative estimate of drug-likeness (QED) is 0.701. The van der Waals surface area contributed by atoms with Crippen LogP contribution in [0.2, 0.25) is 0 Å². The number of aromatic nitrogens is 2. The highest BCUT2D eigenvalue weighted by Gasteiger charge is 2.48. The number of halogens is 4. The molecule has 1 saturated heterocycles. The molecule has 28 heavy (non-hydrogen) atoms. The molecular weight excluding hydrogens is 404 g/mol. The lowest BCUT2D eigenvalue weighted by atomic mass is 9.97. The van der Waals surface area contributed by atoms with Crippen molar-refractivity contribution in [2.75, 3.05) is 37.0 Å². The van der Waals surface area contributed by atoms with Crippen LogP contribution in [0.1, 0.15) is 24.7 Å². The summed E-state index contributed by atoms with van der Waals surface area (Å²) in [5.74, 6) is -0.681. The first-order valence-corrected chi connectivity index (χ1v) is 9.86. The maximum Gasteiger partial charge on any atom is 0.501 e. The highest BCUT2D eigenvalue weighted by atomic mass is 32.2. The predicted octanol–water partition coefficient (Wildman–Crippen LogP) is 2.95. The molecule has 12 heteroatoms. The van der Waals surface area contributed by atoms with Crippen LogP contribution in [0.5, 0.6) is 0 Å². The van der Waals surface area contributed by atoms with E-state index in [4.69, 9.17) is 4.52 Å². The third kappa shape index (κ3) is 3.77. The Kier molecular flexibility index (Phi) is 5.26. The molecule has 1 unspecified atom stereocenters. The Labute approximate surface area is 158 Å². The van der Waals surface area contributed by atoms with Gasteiger partial charge in [-0.15, -0.1) is 0 Å². The van der Waals surface area contributed by atoms with E-state index in [1.807, 2.05) is 0 Å². The fraction of sp³-hybridized carbons (Fsp3) is 0.500. The number of alkyl halides is 3. The Morgan fingerprint density at radius 2 is 2.00 bits per heavy atom. The van der Waals surface area contributed by atoms with Gasteiger partial charge in [-0.1, -0.05) is 0 Å². The van der Waals surface area contributed by atoms with Gasteiger partial charge in [-0.05, 0) is 36.2 Å². The summed E-state index contributed by atoms with van der Waals surface area (Å²) in [6.07, 6.45) is 1.21. The molecule has 0 spiro atoms. The molecule has 7 nitrogen and oxygen atoms in total. The average Bonchev–Trinajstić information content (AvgIpc) is 3.11. The molecule has 0 saturated carbocycles. The van der Waals surface area contributed by atoms with Gasteiger partial charge in [0.05, 0.1) is 11.6 Å². The molecule has 1 atom stereocenters. The minimum atomic E-state index is -5.71. The van der Waals surface area contributed by atoms with Crippen molar-refractivity contribution in [1.82, 2.24) is 10.1 Å². The largest absolute Gasteiger partial charge is 0.501 e. The topological polar surface area (TPSA) is 79.5 Å². The van der Waals surface area contributed by atoms with Crippen molar-refractivity contribution in [2.45, 2.75) is 29.2 Å². The van der Waals surface area contributed by atoms with Gasteiger partial charge in [0.15, 0.2) is 0 Å². The van der Waals surface area contributed by atoms with Gasteiger partial charge in [0.2, 0.25) is 5.89 Å². The van der Waals surface area contributed by atoms with E-state index in [2.05, 4.69) is 10.1 Å². The summed E-state index contributed by atoms with van der Waals surface area (Å²) in [5, 5.41) is 3.82. The zero-order valence-electron chi connectivity index (χ0n) is 15.1. The number of rotatable bonds is 4. The van der Waals surface area contributed by atoms with Crippen molar-refractivity contribution in [3.8, 4) is 0 Å². The first kappa shape index (κ1) is 20.4. The summed E-state index contributed by atoms with van der Waals surface area (Å²) in [4.78, 5) is 6.27. The van der Waals surface area contributed by atoms with Crippen LogP contribution >= 0.6 is 0 Å². The molecule has 0 aliphatic carbocycles. The Hall–Kier alpha value is -2.37. The zero-order valence-corrected chi connectivity index (χ0v) is 15.9. The van der Waals surface area contributed by atoms with Crippen molar-refractivity contribution in [2.24, 2.45) is 0 Å². The SMILES string of the molecule is CN(C)c1noc(C2CCCN(c3ccc(F)cc3S(=O)(=O)C(F)(F)F)C2)n1. The standard InChI is InChI=1S/C16H18F4N4O3S/c1-23(2)15-21-14(27-22-15)10-4-3-7-24(9-10)12-6-5-11(17)8-13(12)28(25,26)16(18,19)20/h5-6,8,10H,3-4,7,9H2,1-2H3. The van der Waals surface area contributed by atoms with Gasteiger partial charge in [-0.2, -0.15) is 18.2 Å². The Morgan fingerprint density at radius 1 is 1.29 bits per heavy atom. The monoisotopic (exact) mass is 422 g/mol. The van der Waals surface area contributed by atoms with Crippen molar-refractivity contribution >= 4 is 21.5 Å². The van der Waals surface area contributed by atoms with Gasteiger partial charge >= 0.3 is 5.51 Å². The average molecular weight is 422 g/mol. The van der Waals surface area contributed by atoms with Gasteiger partial charge in [-0.3, -0.25) is 0 Å². The van der Waals surface area contributed by atoms with Crippen LogP contribution in [0.25, 0.3) is 0 Å². The second-order valence-electron chi connectivity index (χ2n) is 6.67. The normalized spacial score (nSPS) is 18.4. The molecule has 3 rings (SSSR count). The van der Waals surface area contributed by atoms with E-state index in [1.165, 1.54) is 4.90 Å². The van der Waals surface area contributed by atoms with E-state index in [0.29, 0.717) is 37.3 Å². The van der Waals surface area contributed by atoms with Crippen LogP contribution < -0.4 is 9.80 Å². The molecule has 0 N–H and O–H groups in total. The van der Waals surface area contributed by atoms with Crippen LogP contribution in [0, 0.1) is 5.82 Å². The molecule has 1 aromatic carbocycles. The first-order valence-electron chi connectivity index (χ1n) is 8.37. The summed E-state index contributed by atoms with van der Waals surface area (Å²) < 4.78 is 81.8. The highest BCUT2D eigenvalue weighted by Crippen LogP contribution is 2.38. The van der Waals surface area contributed by atoms with Gasteiger partial charge in [0, 0.05) is 27.2 Å². The van der Waals surface area contributed by atoms with E-state index < -0.39 is 26.1 Å². The molecule has 1 aliphatic rings. The molecule has 154 valence electrons. The van der Waals surface area contributed by atoms with E-state index in [9.17, 15) is 26.0 Å².